The van der Waals surface area contributed by atoms with Gasteiger partial charge in [0.1, 0.15) is 10.8 Å². The molecule has 6 heteroatoms. The van der Waals surface area contributed by atoms with E-state index in [-0.39, 0.29) is 17.4 Å². The first-order chi connectivity index (χ1) is 9.94. The topological polar surface area (TPSA) is 55.1 Å². The van der Waals surface area contributed by atoms with Crippen molar-refractivity contribution >= 4 is 40.4 Å². The molecule has 0 aromatic heterocycles. The zero-order chi connectivity index (χ0) is 15.4. The summed E-state index contributed by atoms with van der Waals surface area (Å²) in [5, 5.41) is 2.82. The summed E-state index contributed by atoms with van der Waals surface area (Å²) in [6.45, 7) is 0. The first-order valence-electron chi connectivity index (χ1n) is 6.09. The molecule has 0 aliphatic heterocycles. The van der Waals surface area contributed by atoms with Gasteiger partial charge in [-0.05, 0) is 23.8 Å². The van der Waals surface area contributed by atoms with E-state index in [9.17, 15) is 9.18 Å². The number of halogens is 2. The number of anilines is 1. The van der Waals surface area contributed by atoms with Crippen molar-refractivity contribution in [2.75, 3.05) is 5.32 Å². The van der Waals surface area contributed by atoms with Crippen LogP contribution in [0.2, 0.25) is 5.02 Å². The largest absolute Gasteiger partial charge is 0.389 e. The van der Waals surface area contributed by atoms with Crippen molar-refractivity contribution in [1.82, 2.24) is 0 Å². The van der Waals surface area contributed by atoms with Crippen molar-refractivity contribution in [2.24, 2.45) is 5.73 Å². The molecule has 0 bridgehead atoms. The van der Waals surface area contributed by atoms with Gasteiger partial charge in [0, 0.05) is 16.3 Å². The molecule has 0 radical (unpaired) electrons. The normalized spacial score (nSPS) is 10.2. The Kier molecular flexibility index (Phi) is 4.88. The van der Waals surface area contributed by atoms with Crippen molar-refractivity contribution in [3.05, 3.63) is 64.4 Å². The summed E-state index contributed by atoms with van der Waals surface area (Å²) in [7, 11) is 0. The van der Waals surface area contributed by atoms with Gasteiger partial charge in [-0.3, -0.25) is 4.79 Å². The standard InChI is InChI=1S/C15H12ClFN2OS/c16-11-6-12(17)8-13(7-11)19-14(20)5-9-1-3-10(4-2-9)15(18)21/h1-4,6-8H,5H2,(H2,18,21)(H,19,20). The van der Waals surface area contributed by atoms with E-state index in [1.807, 2.05) is 0 Å². The Labute approximate surface area is 131 Å². The molecule has 0 saturated heterocycles. The molecule has 0 aliphatic carbocycles. The van der Waals surface area contributed by atoms with Gasteiger partial charge < -0.3 is 11.1 Å². The average Bonchev–Trinajstić information content (AvgIpc) is 2.37. The number of nitrogens with one attached hydrogen (secondary N) is 1. The van der Waals surface area contributed by atoms with Crippen LogP contribution in [0, 0.1) is 5.82 Å². The fourth-order valence-electron chi connectivity index (χ4n) is 1.80. The van der Waals surface area contributed by atoms with Gasteiger partial charge in [0.15, 0.2) is 0 Å². The predicted octanol–water partition coefficient (Wildman–Crippen LogP) is 3.29. The van der Waals surface area contributed by atoms with Crippen LogP contribution in [0.25, 0.3) is 0 Å². The fourth-order valence-corrected chi connectivity index (χ4v) is 2.16. The summed E-state index contributed by atoms with van der Waals surface area (Å²) in [6, 6.07) is 10.9. The van der Waals surface area contributed by atoms with Crippen LogP contribution in [0.4, 0.5) is 10.1 Å². The SMILES string of the molecule is NC(=S)c1ccc(CC(=O)Nc2cc(F)cc(Cl)c2)cc1. The van der Waals surface area contributed by atoms with E-state index >= 15 is 0 Å². The molecule has 3 N–H and O–H groups in total. The van der Waals surface area contributed by atoms with Gasteiger partial charge in [0.2, 0.25) is 5.91 Å². The van der Waals surface area contributed by atoms with Crippen LogP contribution < -0.4 is 11.1 Å². The summed E-state index contributed by atoms with van der Waals surface area (Å²) in [5.74, 6) is -0.765. The third-order valence-electron chi connectivity index (χ3n) is 2.75. The highest BCUT2D eigenvalue weighted by Crippen LogP contribution is 2.18. The summed E-state index contributed by atoms with van der Waals surface area (Å²) < 4.78 is 13.2. The number of nitrogens with two attached hydrogens (primary N) is 1. The minimum Gasteiger partial charge on any atom is -0.389 e. The number of hydrogen-bond donors (Lipinski definition) is 2. The van der Waals surface area contributed by atoms with Crippen molar-refractivity contribution < 1.29 is 9.18 Å². The number of benzene rings is 2. The van der Waals surface area contributed by atoms with E-state index in [4.69, 9.17) is 29.6 Å². The second-order valence-corrected chi connectivity index (χ2v) is 5.32. The number of thiocarbonyl (C=S) groups is 1. The van der Waals surface area contributed by atoms with Gasteiger partial charge in [0.25, 0.3) is 0 Å². The lowest BCUT2D eigenvalue weighted by Crippen LogP contribution is -2.15. The maximum Gasteiger partial charge on any atom is 0.228 e. The Morgan fingerprint density at radius 1 is 1.24 bits per heavy atom. The molecule has 1 amide bonds. The molecular weight excluding hydrogens is 311 g/mol. The van der Waals surface area contributed by atoms with Gasteiger partial charge in [-0.25, -0.2) is 4.39 Å². The van der Waals surface area contributed by atoms with E-state index < -0.39 is 5.82 Å². The third kappa shape index (κ3) is 4.51. The van der Waals surface area contributed by atoms with E-state index in [1.165, 1.54) is 18.2 Å². The molecule has 0 saturated carbocycles. The predicted molar refractivity (Wildman–Crippen MR) is 86.1 cm³/mol. The first kappa shape index (κ1) is 15.4. The van der Waals surface area contributed by atoms with Gasteiger partial charge in [-0.15, -0.1) is 0 Å². The Morgan fingerprint density at radius 3 is 2.48 bits per heavy atom. The van der Waals surface area contributed by atoms with Crippen LogP contribution in [0.15, 0.2) is 42.5 Å². The zero-order valence-corrected chi connectivity index (χ0v) is 12.5. The van der Waals surface area contributed by atoms with Crippen LogP contribution in [-0.2, 0) is 11.2 Å². The Hall–Kier alpha value is -1.98. The van der Waals surface area contributed by atoms with E-state index in [0.717, 1.165) is 11.1 Å². The van der Waals surface area contributed by atoms with Crippen molar-refractivity contribution in [1.29, 1.82) is 0 Å². The molecule has 21 heavy (non-hydrogen) atoms. The zero-order valence-electron chi connectivity index (χ0n) is 10.9. The molecule has 108 valence electrons. The summed E-state index contributed by atoms with van der Waals surface area (Å²) in [5.41, 5.74) is 7.37. The lowest BCUT2D eigenvalue weighted by molar-refractivity contribution is -0.115. The number of carbonyl (C=O) groups excluding carboxylic acids is 1. The van der Waals surface area contributed by atoms with Gasteiger partial charge in [-0.2, -0.15) is 0 Å². The maximum absolute atomic E-state index is 13.2. The smallest absolute Gasteiger partial charge is 0.228 e. The summed E-state index contributed by atoms with van der Waals surface area (Å²) >= 11 is 10.6. The van der Waals surface area contributed by atoms with Gasteiger partial charge in [0.05, 0.1) is 6.42 Å². The highest BCUT2D eigenvalue weighted by atomic mass is 35.5. The van der Waals surface area contributed by atoms with Crippen molar-refractivity contribution in [3.8, 4) is 0 Å². The molecular formula is C15H12ClFN2OS. The monoisotopic (exact) mass is 322 g/mol. The summed E-state index contributed by atoms with van der Waals surface area (Å²) in [4.78, 5) is 12.2. The van der Waals surface area contributed by atoms with Gasteiger partial charge in [-0.1, -0.05) is 48.1 Å². The van der Waals surface area contributed by atoms with E-state index in [0.29, 0.717) is 10.7 Å². The van der Waals surface area contributed by atoms with Crippen LogP contribution in [0.1, 0.15) is 11.1 Å². The molecule has 2 aromatic carbocycles. The van der Waals surface area contributed by atoms with Crippen LogP contribution in [0.3, 0.4) is 0 Å². The highest BCUT2D eigenvalue weighted by Gasteiger charge is 2.06. The lowest BCUT2D eigenvalue weighted by Gasteiger charge is -2.07. The molecule has 0 heterocycles. The second-order valence-electron chi connectivity index (χ2n) is 4.44. The van der Waals surface area contributed by atoms with E-state index in [2.05, 4.69) is 5.32 Å². The Bertz CT molecular complexity index is 668. The Morgan fingerprint density at radius 2 is 1.90 bits per heavy atom. The molecule has 0 spiro atoms. The molecule has 0 atom stereocenters. The van der Waals surface area contributed by atoms with E-state index in [1.54, 1.807) is 24.3 Å². The molecule has 0 aliphatic rings. The quantitative estimate of drug-likeness (QED) is 0.849. The minimum absolute atomic E-state index is 0.158. The molecule has 0 fully saturated rings. The van der Waals surface area contributed by atoms with Gasteiger partial charge >= 0.3 is 0 Å². The fraction of sp³-hybridized carbons (Fsp3) is 0.0667. The number of rotatable bonds is 4. The molecule has 0 unspecified atom stereocenters. The van der Waals surface area contributed by atoms with Crippen molar-refractivity contribution in [3.63, 3.8) is 0 Å². The number of carbonyl (C=O) groups is 1. The van der Waals surface area contributed by atoms with Crippen LogP contribution in [-0.4, -0.2) is 10.9 Å². The van der Waals surface area contributed by atoms with Crippen LogP contribution >= 0.6 is 23.8 Å². The second kappa shape index (κ2) is 6.65. The average molecular weight is 323 g/mol. The third-order valence-corrected chi connectivity index (χ3v) is 3.20. The molecule has 3 nitrogen and oxygen atoms in total. The van der Waals surface area contributed by atoms with Crippen LogP contribution in [0.5, 0.6) is 0 Å². The maximum atomic E-state index is 13.2. The highest BCUT2D eigenvalue weighted by molar-refractivity contribution is 7.80. The minimum atomic E-state index is -0.501. The number of hydrogen-bond acceptors (Lipinski definition) is 2. The van der Waals surface area contributed by atoms with Crippen molar-refractivity contribution in [2.45, 2.75) is 6.42 Å². The number of amides is 1. The molecule has 2 rings (SSSR count). The summed E-state index contributed by atoms with van der Waals surface area (Å²) in [6.07, 6.45) is 0.158. The molecule has 2 aromatic rings. The first-order valence-corrected chi connectivity index (χ1v) is 6.87. The Balaban J connectivity index is 2.02. The lowest BCUT2D eigenvalue weighted by atomic mass is 10.1.